The molecular formula is C28H20F3N5O3. The van der Waals surface area contributed by atoms with Crippen LogP contribution in [-0.4, -0.2) is 40.1 Å². The number of rotatable bonds is 4. The second-order valence-corrected chi connectivity index (χ2v) is 8.95. The molecule has 196 valence electrons. The number of para-hydroxylation sites is 1. The molecule has 0 aliphatic carbocycles. The van der Waals surface area contributed by atoms with E-state index < -0.39 is 35.4 Å². The van der Waals surface area contributed by atoms with Crippen LogP contribution in [0, 0.1) is 17.5 Å². The maximum Gasteiger partial charge on any atom is 0.269 e. The van der Waals surface area contributed by atoms with Crippen LogP contribution in [0.5, 0.6) is 5.88 Å². The van der Waals surface area contributed by atoms with Crippen LogP contribution in [0.15, 0.2) is 71.7 Å². The van der Waals surface area contributed by atoms with Gasteiger partial charge in [0, 0.05) is 35.7 Å². The van der Waals surface area contributed by atoms with E-state index in [1.807, 2.05) is 0 Å². The highest BCUT2D eigenvalue weighted by molar-refractivity contribution is 6.20. The molecule has 0 saturated carbocycles. The van der Waals surface area contributed by atoms with Crippen LogP contribution in [0.25, 0.3) is 11.3 Å². The normalized spacial score (nSPS) is 16.2. The molecule has 8 nitrogen and oxygen atoms in total. The number of benzene rings is 3. The van der Waals surface area contributed by atoms with Crippen molar-refractivity contribution < 1.29 is 27.5 Å². The number of carbonyl (C=O) groups is 2. The predicted molar refractivity (Wildman–Crippen MR) is 136 cm³/mol. The van der Waals surface area contributed by atoms with Crippen LogP contribution < -0.4 is 15.4 Å². The van der Waals surface area contributed by atoms with Gasteiger partial charge in [-0.3, -0.25) is 9.59 Å². The Morgan fingerprint density at radius 1 is 1.00 bits per heavy atom. The van der Waals surface area contributed by atoms with Gasteiger partial charge in [0.05, 0.1) is 18.0 Å². The molecule has 0 fully saturated rings. The number of nitrogens with zero attached hydrogens (tertiary/aromatic N) is 3. The number of hydrogen-bond acceptors (Lipinski definition) is 5. The fourth-order valence-corrected chi connectivity index (χ4v) is 4.62. The predicted octanol–water partition coefficient (Wildman–Crippen LogP) is 4.30. The zero-order valence-electron chi connectivity index (χ0n) is 20.2. The molecule has 0 radical (unpaired) electrons. The summed E-state index contributed by atoms with van der Waals surface area (Å²) in [5.41, 5.74) is 0.844. The number of benzodiazepines with no additional fused rings is 1. The Kier molecular flexibility index (Phi) is 6.10. The van der Waals surface area contributed by atoms with Crippen LogP contribution >= 0.6 is 0 Å². The molecule has 2 aliphatic rings. The Morgan fingerprint density at radius 2 is 1.82 bits per heavy atom. The molecule has 1 atom stereocenters. The van der Waals surface area contributed by atoms with Gasteiger partial charge in [0.1, 0.15) is 28.7 Å². The topological polar surface area (TPSA) is 97.6 Å². The zero-order valence-corrected chi connectivity index (χ0v) is 20.2. The summed E-state index contributed by atoms with van der Waals surface area (Å²) in [6.45, 7) is 0.708. The van der Waals surface area contributed by atoms with E-state index in [0.717, 1.165) is 6.07 Å². The van der Waals surface area contributed by atoms with Crippen molar-refractivity contribution >= 4 is 23.2 Å². The van der Waals surface area contributed by atoms with E-state index in [-0.39, 0.29) is 34.1 Å². The number of aryl methyl sites for hydroxylation is 1. The van der Waals surface area contributed by atoms with E-state index in [0.29, 0.717) is 36.8 Å². The lowest BCUT2D eigenvalue weighted by molar-refractivity contribution is -0.117. The number of anilines is 1. The van der Waals surface area contributed by atoms with E-state index in [1.165, 1.54) is 22.9 Å². The van der Waals surface area contributed by atoms with Crippen LogP contribution in [0.1, 0.15) is 27.9 Å². The average molecular weight is 531 g/mol. The maximum absolute atomic E-state index is 14.8. The highest BCUT2D eigenvalue weighted by atomic mass is 19.1. The number of nitrogens with one attached hydrogen (secondary N) is 2. The van der Waals surface area contributed by atoms with Crippen molar-refractivity contribution in [1.29, 1.82) is 0 Å². The minimum Gasteiger partial charge on any atom is -0.477 e. The van der Waals surface area contributed by atoms with E-state index in [4.69, 9.17) is 4.74 Å². The van der Waals surface area contributed by atoms with E-state index >= 15 is 0 Å². The van der Waals surface area contributed by atoms with Crippen molar-refractivity contribution in [2.75, 3.05) is 11.9 Å². The summed E-state index contributed by atoms with van der Waals surface area (Å²) in [6.07, 6.45) is -0.870. The molecule has 11 heteroatoms. The Hall–Kier alpha value is -4.93. The summed E-state index contributed by atoms with van der Waals surface area (Å²) in [4.78, 5) is 31.4. The molecule has 4 aromatic rings. The third kappa shape index (κ3) is 4.41. The molecular weight excluding hydrogens is 511 g/mol. The van der Waals surface area contributed by atoms with Gasteiger partial charge < -0.3 is 15.4 Å². The molecule has 2 amide bonds. The fraction of sp³-hybridized carbons (Fsp3) is 0.143. The minimum absolute atomic E-state index is 0.0674. The molecule has 6 rings (SSSR count). The molecule has 2 N–H and O–H groups in total. The van der Waals surface area contributed by atoms with E-state index in [2.05, 4.69) is 20.7 Å². The molecule has 2 aliphatic heterocycles. The van der Waals surface area contributed by atoms with Gasteiger partial charge in [0.15, 0.2) is 0 Å². The van der Waals surface area contributed by atoms with Crippen LogP contribution in [-0.2, 0) is 11.3 Å². The molecule has 1 aromatic heterocycles. The van der Waals surface area contributed by atoms with Crippen molar-refractivity contribution in [3.63, 3.8) is 0 Å². The Bertz CT molecular complexity index is 1650. The van der Waals surface area contributed by atoms with Crippen molar-refractivity contribution in [1.82, 2.24) is 15.1 Å². The molecule has 0 bridgehead atoms. The number of fused-ring (bicyclic) bond motifs is 2. The summed E-state index contributed by atoms with van der Waals surface area (Å²) >= 11 is 0. The maximum atomic E-state index is 14.8. The molecule has 0 unspecified atom stereocenters. The Balaban J connectivity index is 1.44. The number of amides is 2. The lowest BCUT2D eigenvalue weighted by Gasteiger charge is -2.17. The zero-order chi connectivity index (χ0) is 27.1. The molecule has 0 spiro atoms. The van der Waals surface area contributed by atoms with Crippen molar-refractivity contribution in [2.24, 2.45) is 4.99 Å². The average Bonchev–Trinajstić information content (AvgIpc) is 3.25. The third-order valence-corrected chi connectivity index (χ3v) is 6.41. The number of halogens is 3. The smallest absolute Gasteiger partial charge is 0.269 e. The first kappa shape index (κ1) is 24.4. The quantitative estimate of drug-likeness (QED) is 0.411. The number of aromatic nitrogens is 2. The van der Waals surface area contributed by atoms with Crippen molar-refractivity contribution in [2.45, 2.75) is 19.1 Å². The number of aliphatic imine (C=N–C) groups is 1. The first-order chi connectivity index (χ1) is 18.9. The van der Waals surface area contributed by atoms with Gasteiger partial charge in [-0.2, -0.15) is 5.10 Å². The highest BCUT2D eigenvalue weighted by Crippen LogP contribution is 2.34. The largest absolute Gasteiger partial charge is 0.477 e. The summed E-state index contributed by atoms with van der Waals surface area (Å²) in [6, 6.07) is 16.1. The summed E-state index contributed by atoms with van der Waals surface area (Å²) in [7, 11) is 0. The van der Waals surface area contributed by atoms with Gasteiger partial charge >= 0.3 is 0 Å². The second kappa shape index (κ2) is 9.75. The summed E-state index contributed by atoms with van der Waals surface area (Å²) in [5, 5.41) is 9.44. The van der Waals surface area contributed by atoms with Gasteiger partial charge in [0.2, 0.25) is 12.0 Å². The molecule has 39 heavy (non-hydrogen) atoms. The minimum atomic E-state index is -1.48. The lowest BCUT2D eigenvalue weighted by atomic mass is 10.0. The number of ether oxygens (including phenoxy) is 1. The Labute approximate surface area is 220 Å². The first-order valence-corrected chi connectivity index (χ1v) is 12.1. The van der Waals surface area contributed by atoms with Crippen LogP contribution in [0.2, 0.25) is 0 Å². The fourth-order valence-electron chi connectivity index (χ4n) is 4.62. The summed E-state index contributed by atoms with van der Waals surface area (Å²) < 4.78 is 50.3. The second-order valence-electron chi connectivity index (χ2n) is 8.95. The van der Waals surface area contributed by atoms with Gasteiger partial charge in [-0.15, -0.1) is 0 Å². The summed E-state index contributed by atoms with van der Waals surface area (Å²) in [5.74, 6) is -3.87. The third-order valence-electron chi connectivity index (χ3n) is 6.41. The molecule has 3 aromatic carbocycles. The van der Waals surface area contributed by atoms with Gasteiger partial charge in [-0.05, 0) is 18.2 Å². The number of hydrogen-bond donors (Lipinski definition) is 2. The van der Waals surface area contributed by atoms with E-state index in [9.17, 15) is 22.8 Å². The first-order valence-electron chi connectivity index (χ1n) is 12.1. The monoisotopic (exact) mass is 531 g/mol. The van der Waals surface area contributed by atoms with Crippen molar-refractivity contribution in [3.05, 3.63) is 101 Å². The van der Waals surface area contributed by atoms with Crippen molar-refractivity contribution in [3.8, 4) is 17.1 Å². The van der Waals surface area contributed by atoms with Crippen LogP contribution in [0.3, 0.4) is 0 Å². The Morgan fingerprint density at radius 3 is 2.62 bits per heavy atom. The van der Waals surface area contributed by atoms with Gasteiger partial charge in [-0.25, -0.2) is 22.8 Å². The highest BCUT2D eigenvalue weighted by Gasteiger charge is 2.34. The SMILES string of the molecule is O=C(N[C@H]1N=C(c2ccccc2)c2cccc(F)c2NC1=O)c1c(-c2ccc(F)cc2F)nn2c1OCCC2. The lowest BCUT2D eigenvalue weighted by Crippen LogP contribution is -2.42. The van der Waals surface area contributed by atoms with E-state index in [1.54, 1.807) is 36.4 Å². The number of carbonyl (C=O) groups excluding carboxylic acids is 2. The van der Waals surface area contributed by atoms with Gasteiger partial charge in [-0.1, -0.05) is 42.5 Å². The van der Waals surface area contributed by atoms with Crippen LogP contribution in [0.4, 0.5) is 18.9 Å². The molecule has 0 saturated heterocycles. The standard InChI is InChI=1S/C28H20F3N5O3/c29-16-10-11-17(20(31)14-16)24-21(28-36(35-24)12-5-13-39-28)26(37)34-25-27(38)33-23-18(8-4-9-19(23)30)22(32-25)15-6-2-1-3-7-15/h1-4,6-11,14,25H,5,12-13H2,(H,33,38)(H,34,37)/t25-/m1/s1. The molecule has 3 heterocycles. The van der Waals surface area contributed by atoms with Gasteiger partial charge in [0.25, 0.3) is 11.8 Å².